The van der Waals surface area contributed by atoms with Gasteiger partial charge in [0.15, 0.2) is 5.69 Å². The summed E-state index contributed by atoms with van der Waals surface area (Å²) in [5.41, 5.74) is 22.7. The summed E-state index contributed by atoms with van der Waals surface area (Å²) in [6, 6.07) is 3.38. The number of carbonyl (C=O) groups is 3. The van der Waals surface area contributed by atoms with E-state index in [1.54, 1.807) is 24.5 Å². The monoisotopic (exact) mass is 496 g/mol. The largest absolute Gasteiger partial charge is 0.366 e. The van der Waals surface area contributed by atoms with E-state index in [-0.39, 0.29) is 17.5 Å². The van der Waals surface area contributed by atoms with E-state index in [9.17, 15) is 14.4 Å². The maximum absolute atomic E-state index is 11.1. The van der Waals surface area contributed by atoms with Gasteiger partial charge in [-0.15, -0.1) is 0 Å². The Bertz CT molecular complexity index is 1430. The number of pyridine rings is 2. The lowest BCUT2D eigenvalue weighted by atomic mass is 10.1. The summed E-state index contributed by atoms with van der Waals surface area (Å²) in [5.74, 6) is -1.33. The Balaban J connectivity index is 0.000000130. The molecular weight excluding hydrogens is 472 g/mol. The number of nitrogens with two attached hydrogens (primary N) is 3. The van der Waals surface area contributed by atoms with Crippen molar-refractivity contribution in [3.63, 3.8) is 0 Å². The standard InChI is InChI=1S/C10H10N2O.C9H8N2O.C7H6N4O/c1-6-5-8(10(11)13)7-3-2-4-9(7)12-6;10-9(12)7-4-5-11-8-3-1-2-6(7)8;8-7(12)6-5-4(1-2-9-5)10-3-11-6/h2-3,5H,4H2,1H3,(H2,11,13);1-2,4-5H,3H2,(H2,10,12);2-3H,1H2,(H2,8,12). The van der Waals surface area contributed by atoms with E-state index >= 15 is 0 Å². The van der Waals surface area contributed by atoms with Gasteiger partial charge in [-0.3, -0.25) is 29.3 Å². The first-order valence-corrected chi connectivity index (χ1v) is 11.3. The summed E-state index contributed by atoms with van der Waals surface area (Å²) in [5, 5.41) is 0. The fourth-order valence-corrected chi connectivity index (χ4v) is 4.05. The molecule has 6 N–H and O–H groups in total. The highest BCUT2D eigenvalue weighted by Gasteiger charge is 2.17. The van der Waals surface area contributed by atoms with E-state index in [1.807, 2.05) is 31.2 Å². The smallest absolute Gasteiger partial charge is 0.269 e. The number of aliphatic imine (C=N–C) groups is 1. The third kappa shape index (κ3) is 5.45. The van der Waals surface area contributed by atoms with Crippen LogP contribution in [0.1, 0.15) is 65.1 Å². The molecule has 1 aliphatic heterocycles. The first-order valence-electron chi connectivity index (χ1n) is 11.3. The summed E-state index contributed by atoms with van der Waals surface area (Å²) in [4.78, 5) is 53.0. The molecule has 3 aromatic rings. The first kappa shape index (κ1) is 25.0. The van der Waals surface area contributed by atoms with Gasteiger partial charge in [-0.1, -0.05) is 24.3 Å². The summed E-state index contributed by atoms with van der Waals surface area (Å²) in [6.45, 7) is 1.87. The van der Waals surface area contributed by atoms with Crippen LogP contribution in [0.4, 0.5) is 5.69 Å². The highest BCUT2D eigenvalue weighted by molar-refractivity contribution is 5.99. The Kier molecular flexibility index (Phi) is 7.23. The van der Waals surface area contributed by atoms with E-state index in [2.05, 4.69) is 24.9 Å². The number of aryl methyl sites for hydroxylation is 1. The fourth-order valence-electron chi connectivity index (χ4n) is 4.05. The van der Waals surface area contributed by atoms with Gasteiger partial charge >= 0.3 is 0 Å². The molecule has 186 valence electrons. The molecule has 0 spiro atoms. The Morgan fingerprint density at radius 2 is 1.46 bits per heavy atom. The van der Waals surface area contributed by atoms with E-state index in [4.69, 9.17) is 17.2 Å². The van der Waals surface area contributed by atoms with E-state index < -0.39 is 5.91 Å². The van der Waals surface area contributed by atoms with Gasteiger partial charge in [0.25, 0.3) is 5.91 Å². The molecule has 3 aromatic heterocycles. The van der Waals surface area contributed by atoms with Crippen LogP contribution in [0.2, 0.25) is 0 Å². The van der Waals surface area contributed by atoms with Crippen LogP contribution in [0.5, 0.6) is 0 Å². The molecule has 0 radical (unpaired) electrons. The van der Waals surface area contributed by atoms with Crippen LogP contribution in [-0.2, 0) is 19.3 Å². The molecule has 3 aliphatic rings. The lowest BCUT2D eigenvalue weighted by molar-refractivity contribution is 0.0989. The van der Waals surface area contributed by atoms with Crippen LogP contribution >= 0.6 is 0 Å². The number of rotatable bonds is 3. The van der Waals surface area contributed by atoms with Gasteiger partial charge in [-0.2, -0.15) is 0 Å². The Hall–Kier alpha value is -5.06. The van der Waals surface area contributed by atoms with Gasteiger partial charge in [0.05, 0.1) is 17.1 Å². The van der Waals surface area contributed by atoms with Crippen molar-refractivity contribution in [3.05, 3.63) is 87.5 Å². The molecule has 0 atom stereocenters. The van der Waals surface area contributed by atoms with Crippen LogP contribution < -0.4 is 17.2 Å². The van der Waals surface area contributed by atoms with E-state index in [0.29, 0.717) is 23.2 Å². The number of amides is 3. The minimum absolute atomic E-state index is 0.203. The van der Waals surface area contributed by atoms with Crippen molar-refractivity contribution in [1.82, 2.24) is 19.9 Å². The third-order valence-electron chi connectivity index (χ3n) is 5.70. The SMILES string of the molecule is Cc1cc(C(N)=O)c2c(n1)CC=C2.NC(=O)c1ccnc2c1C=CC2.NC(=O)c1ncnc2c1N=CC2. The fraction of sp³-hybridized carbons (Fsp3) is 0.154. The first-order chi connectivity index (χ1) is 17.8. The Morgan fingerprint density at radius 1 is 0.784 bits per heavy atom. The summed E-state index contributed by atoms with van der Waals surface area (Å²) in [7, 11) is 0. The zero-order valence-electron chi connectivity index (χ0n) is 20.0. The van der Waals surface area contributed by atoms with Gasteiger partial charge in [0.2, 0.25) is 11.8 Å². The molecule has 3 amide bonds. The maximum atomic E-state index is 11.1. The van der Waals surface area contributed by atoms with E-state index in [1.165, 1.54) is 6.33 Å². The van der Waals surface area contributed by atoms with Crippen molar-refractivity contribution < 1.29 is 14.4 Å². The molecule has 0 saturated carbocycles. The molecule has 2 aliphatic carbocycles. The third-order valence-corrected chi connectivity index (χ3v) is 5.70. The molecule has 0 fully saturated rings. The molecule has 0 aromatic carbocycles. The molecular formula is C26H24N8O3. The van der Waals surface area contributed by atoms with Crippen molar-refractivity contribution in [1.29, 1.82) is 0 Å². The second-order valence-electron chi connectivity index (χ2n) is 8.23. The average Bonchev–Trinajstić information content (AvgIpc) is 3.63. The predicted molar refractivity (Wildman–Crippen MR) is 138 cm³/mol. The van der Waals surface area contributed by atoms with E-state index in [0.717, 1.165) is 46.7 Å². The van der Waals surface area contributed by atoms with Crippen LogP contribution in [0.3, 0.4) is 0 Å². The van der Waals surface area contributed by atoms with Gasteiger partial charge < -0.3 is 17.2 Å². The summed E-state index contributed by atoms with van der Waals surface area (Å²) in [6.07, 6.45) is 14.6. The molecule has 0 bridgehead atoms. The van der Waals surface area contributed by atoms with Gasteiger partial charge in [-0.25, -0.2) is 9.97 Å². The predicted octanol–water partition coefficient (Wildman–Crippen LogP) is 1.64. The average molecular weight is 497 g/mol. The zero-order valence-corrected chi connectivity index (χ0v) is 20.0. The number of primary amides is 3. The minimum Gasteiger partial charge on any atom is -0.366 e. The van der Waals surface area contributed by atoms with Crippen LogP contribution in [0.25, 0.3) is 12.2 Å². The number of carbonyl (C=O) groups excluding carboxylic acids is 3. The zero-order chi connectivity index (χ0) is 26.5. The summed E-state index contributed by atoms with van der Waals surface area (Å²) >= 11 is 0. The normalized spacial score (nSPS) is 13.0. The number of allylic oxidation sites excluding steroid dienone is 2. The lowest BCUT2D eigenvalue weighted by Gasteiger charge is -2.04. The quantitative estimate of drug-likeness (QED) is 0.490. The van der Waals surface area contributed by atoms with Crippen LogP contribution in [-0.4, -0.2) is 43.9 Å². The van der Waals surface area contributed by atoms with Crippen molar-refractivity contribution in [2.24, 2.45) is 22.2 Å². The maximum Gasteiger partial charge on any atom is 0.269 e. The second-order valence-corrected chi connectivity index (χ2v) is 8.23. The van der Waals surface area contributed by atoms with Gasteiger partial charge in [-0.05, 0) is 19.1 Å². The van der Waals surface area contributed by atoms with Gasteiger partial charge in [0, 0.05) is 59.6 Å². The lowest BCUT2D eigenvalue weighted by Crippen LogP contribution is -2.14. The van der Waals surface area contributed by atoms with Crippen molar-refractivity contribution >= 4 is 41.8 Å². The molecule has 6 rings (SSSR count). The number of nitrogens with zero attached hydrogens (tertiary/aromatic N) is 5. The van der Waals surface area contributed by atoms with Crippen LogP contribution in [0.15, 0.2) is 41.8 Å². The second kappa shape index (κ2) is 10.7. The number of fused-ring (bicyclic) bond motifs is 3. The highest BCUT2D eigenvalue weighted by atomic mass is 16.2. The minimum atomic E-state index is -0.562. The molecule has 0 unspecified atom stereocenters. The van der Waals surface area contributed by atoms with Crippen molar-refractivity contribution in [2.45, 2.75) is 26.2 Å². The Morgan fingerprint density at radius 3 is 2.14 bits per heavy atom. The molecule has 11 heteroatoms. The molecule has 0 saturated heterocycles. The Labute approximate surface area is 212 Å². The van der Waals surface area contributed by atoms with Crippen molar-refractivity contribution in [2.75, 3.05) is 0 Å². The van der Waals surface area contributed by atoms with Crippen molar-refractivity contribution in [3.8, 4) is 0 Å². The number of hydrogen-bond donors (Lipinski definition) is 3. The molecule has 4 heterocycles. The topological polar surface area (TPSA) is 193 Å². The van der Waals surface area contributed by atoms with Gasteiger partial charge in [0.1, 0.15) is 12.0 Å². The number of aromatic nitrogens is 4. The summed E-state index contributed by atoms with van der Waals surface area (Å²) < 4.78 is 0. The highest BCUT2D eigenvalue weighted by Crippen LogP contribution is 2.24. The molecule has 37 heavy (non-hydrogen) atoms. The molecule has 11 nitrogen and oxygen atoms in total. The van der Waals surface area contributed by atoms with Crippen LogP contribution in [0, 0.1) is 6.92 Å². The number of hydrogen-bond acceptors (Lipinski definition) is 8.